The number of nitrogen functional groups attached to an aromatic ring is 1. The highest BCUT2D eigenvalue weighted by atomic mass is 15.3. The fraction of sp³-hybridized carbons (Fsp3) is 0.429. The average molecular weight is 364 g/mol. The van der Waals surface area contributed by atoms with E-state index in [2.05, 4.69) is 41.6 Å². The van der Waals surface area contributed by atoms with Gasteiger partial charge in [-0.3, -0.25) is 0 Å². The predicted molar refractivity (Wildman–Crippen MR) is 110 cm³/mol. The molecule has 5 N–H and O–H groups in total. The lowest BCUT2D eigenvalue weighted by molar-refractivity contribution is 0.391. The molecule has 0 radical (unpaired) electrons. The summed E-state index contributed by atoms with van der Waals surface area (Å²) in [6.07, 6.45) is 8.55. The molecular weight excluding hydrogens is 336 g/mol. The van der Waals surface area contributed by atoms with Crippen LogP contribution in [0.25, 0.3) is 5.65 Å². The number of anilines is 3. The van der Waals surface area contributed by atoms with E-state index in [-0.39, 0.29) is 0 Å². The van der Waals surface area contributed by atoms with E-state index in [4.69, 9.17) is 16.5 Å². The number of hydrogen-bond donors (Lipinski definition) is 3. The van der Waals surface area contributed by atoms with Crippen molar-refractivity contribution in [2.45, 2.75) is 57.4 Å². The number of aromatic nitrogens is 3. The minimum Gasteiger partial charge on any atom is -0.382 e. The first-order valence-electron chi connectivity index (χ1n) is 9.89. The van der Waals surface area contributed by atoms with Gasteiger partial charge in [0, 0.05) is 23.7 Å². The largest absolute Gasteiger partial charge is 0.382 e. The van der Waals surface area contributed by atoms with Gasteiger partial charge < -0.3 is 16.8 Å². The SMILES string of the molecule is CCCc1ccc(Nc2cc(N)nn3cc(C4CCC(N)CC4)nc23)cc1. The molecule has 2 aromatic heterocycles. The summed E-state index contributed by atoms with van der Waals surface area (Å²) in [7, 11) is 0. The van der Waals surface area contributed by atoms with Gasteiger partial charge in [-0.15, -0.1) is 5.10 Å². The lowest BCUT2D eigenvalue weighted by Gasteiger charge is -2.24. The highest BCUT2D eigenvalue weighted by molar-refractivity contribution is 5.75. The van der Waals surface area contributed by atoms with Crippen LogP contribution in [-0.2, 0) is 6.42 Å². The number of aryl methyl sites for hydroxylation is 1. The molecule has 6 nitrogen and oxygen atoms in total. The third-order valence-corrected chi connectivity index (χ3v) is 5.42. The number of nitrogens with two attached hydrogens (primary N) is 2. The Bertz CT molecular complexity index is 906. The molecule has 27 heavy (non-hydrogen) atoms. The van der Waals surface area contributed by atoms with Gasteiger partial charge in [0.05, 0.1) is 17.6 Å². The zero-order chi connectivity index (χ0) is 18.8. The minimum atomic E-state index is 0.333. The summed E-state index contributed by atoms with van der Waals surface area (Å²) < 4.78 is 1.80. The quantitative estimate of drug-likeness (QED) is 0.636. The van der Waals surface area contributed by atoms with E-state index in [0.29, 0.717) is 17.8 Å². The zero-order valence-corrected chi connectivity index (χ0v) is 15.9. The average Bonchev–Trinajstić information content (AvgIpc) is 3.08. The number of nitrogens with zero attached hydrogens (tertiary/aromatic N) is 3. The summed E-state index contributed by atoms with van der Waals surface area (Å²) in [6.45, 7) is 2.19. The number of hydrogen-bond acceptors (Lipinski definition) is 5. The van der Waals surface area contributed by atoms with Crippen molar-refractivity contribution in [3.63, 3.8) is 0 Å². The summed E-state index contributed by atoms with van der Waals surface area (Å²) in [5.41, 5.74) is 17.2. The van der Waals surface area contributed by atoms with E-state index < -0.39 is 0 Å². The first kappa shape index (κ1) is 17.8. The molecule has 1 aliphatic rings. The Morgan fingerprint density at radius 2 is 1.89 bits per heavy atom. The van der Waals surface area contributed by atoms with Crippen molar-refractivity contribution in [1.82, 2.24) is 14.6 Å². The standard InChI is InChI=1S/C21H28N6/c1-2-3-14-4-10-17(11-5-14)24-18-12-20(23)26-27-13-19(25-21(18)27)15-6-8-16(22)9-7-15/h4-5,10-13,15-16,24H,2-3,6-9,22H2,1H3,(H2,23,26). The number of nitrogens with one attached hydrogen (secondary N) is 1. The second-order valence-corrected chi connectivity index (χ2v) is 7.60. The topological polar surface area (TPSA) is 94.3 Å². The molecule has 1 aromatic carbocycles. The van der Waals surface area contributed by atoms with Gasteiger partial charge in [-0.25, -0.2) is 9.50 Å². The molecular formula is C21H28N6. The van der Waals surface area contributed by atoms with E-state index in [1.54, 1.807) is 4.52 Å². The maximum atomic E-state index is 6.05. The molecule has 142 valence electrons. The van der Waals surface area contributed by atoms with Gasteiger partial charge >= 0.3 is 0 Å². The Morgan fingerprint density at radius 3 is 2.59 bits per heavy atom. The van der Waals surface area contributed by atoms with Crippen LogP contribution in [0.4, 0.5) is 17.2 Å². The van der Waals surface area contributed by atoms with Crippen molar-refractivity contribution in [2.24, 2.45) is 5.73 Å². The number of fused-ring (bicyclic) bond motifs is 1. The maximum absolute atomic E-state index is 6.05. The molecule has 3 aromatic rings. The Hall–Kier alpha value is -2.60. The van der Waals surface area contributed by atoms with Crippen molar-refractivity contribution in [1.29, 1.82) is 0 Å². The first-order chi connectivity index (χ1) is 13.1. The molecule has 1 aliphatic carbocycles. The van der Waals surface area contributed by atoms with Crippen LogP contribution in [0, 0.1) is 0 Å². The zero-order valence-electron chi connectivity index (χ0n) is 15.9. The van der Waals surface area contributed by atoms with Crippen LogP contribution in [0.1, 0.15) is 56.2 Å². The molecule has 0 atom stereocenters. The Labute approximate surface area is 160 Å². The van der Waals surface area contributed by atoms with Crippen molar-refractivity contribution in [3.8, 4) is 0 Å². The molecule has 0 spiro atoms. The molecule has 1 fully saturated rings. The summed E-state index contributed by atoms with van der Waals surface area (Å²) in [6, 6.07) is 10.7. The molecule has 1 saturated carbocycles. The van der Waals surface area contributed by atoms with Crippen LogP contribution in [-0.4, -0.2) is 20.6 Å². The second-order valence-electron chi connectivity index (χ2n) is 7.60. The van der Waals surface area contributed by atoms with Crippen LogP contribution in [0.2, 0.25) is 0 Å². The van der Waals surface area contributed by atoms with Crippen molar-refractivity contribution in [3.05, 3.63) is 47.8 Å². The van der Waals surface area contributed by atoms with Crippen LogP contribution in [0.3, 0.4) is 0 Å². The number of imidazole rings is 1. The van der Waals surface area contributed by atoms with Crippen molar-refractivity contribution < 1.29 is 0 Å². The number of rotatable bonds is 5. The predicted octanol–water partition coefficient (Wildman–Crippen LogP) is 3.99. The maximum Gasteiger partial charge on any atom is 0.177 e. The molecule has 0 unspecified atom stereocenters. The van der Waals surface area contributed by atoms with E-state index in [0.717, 1.165) is 61.2 Å². The van der Waals surface area contributed by atoms with Gasteiger partial charge in [0.1, 0.15) is 5.82 Å². The van der Waals surface area contributed by atoms with Crippen molar-refractivity contribution in [2.75, 3.05) is 11.1 Å². The van der Waals surface area contributed by atoms with E-state index in [1.165, 1.54) is 5.56 Å². The second kappa shape index (κ2) is 7.56. The molecule has 0 amide bonds. The minimum absolute atomic E-state index is 0.333. The fourth-order valence-electron chi connectivity index (χ4n) is 3.92. The molecule has 0 bridgehead atoms. The highest BCUT2D eigenvalue weighted by Gasteiger charge is 2.23. The fourth-order valence-corrected chi connectivity index (χ4v) is 3.92. The monoisotopic (exact) mass is 364 g/mol. The summed E-state index contributed by atoms with van der Waals surface area (Å²) in [5.74, 6) is 0.927. The van der Waals surface area contributed by atoms with Crippen LogP contribution in [0.15, 0.2) is 36.5 Å². The lowest BCUT2D eigenvalue weighted by Crippen LogP contribution is -2.25. The molecule has 2 heterocycles. The summed E-state index contributed by atoms with van der Waals surface area (Å²) in [4.78, 5) is 4.89. The Kier molecular flexibility index (Phi) is 4.99. The third-order valence-electron chi connectivity index (χ3n) is 5.42. The van der Waals surface area contributed by atoms with Gasteiger partial charge in [-0.1, -0.05) is 25.5 Å². The van der Waals surface area contributed by atoms with Gasteiger partial charge in [-0.05, 0) is 49.8 Å². The van der Waals surface area contributed by atoms with Gasteiger partial charge in [0.15, 0.2) is 5.65 Å². The Morgan fingerprint density at radius 1 is 1.15 bits per heavy atom. The Balaban J connectivity index is 1.62. The molecule has 0 saturated heterocycles. The van der Waals surface area contributed by atoms with Crippen LogP contribution in [0.5, 0.6) is 0 Å². The molecule has 4 rings (SSSR count). The van der Waals surface area contributed by atoms with Crippen molar-refractivity contribution >= 4 is 22.8 Å². The molecule has 0 aliphatic heterocycles. The van der Waals surface area contributed by atoms with Gasteiger partial charge in [0.25, 0.3) is 0 Å². The summed E-state index contributed by atoms with van der Waals surface area (Å²) in [5, 5.41) is 7.87. The summed E-state index contributed by atoms with van der Waals surface area (Å²) >= 11 is 0. The molecule has 6 heteroatoms. The smallest absolute Gasteiger partial charge is 0.177 e. The van der Waals surface area contributed by atoms with Crippen LogP contribution < -0.4 is 16.8 Å². The van der Waals surface area contributed by atoms with E-state index in [9.17, 15) is 0 Å². The van der Waals surface area contributed by atoms with E-state index in [1.807, 2.05) is 12.3 Å². The normalized spacial score (nSPS) is 20.1. The van der Waals surface area contributed by atoms with Gasteiger partial charge in [-0.2, -0.15) is 0 Å². The number of benzene rings is 1. The first-order valence-corrected chi connectivity index (χ1v) is 9.89. The van der Waals surface area contributed by atoms with Gasteiger partial charge in [0.2, 0.25) is 0 Å². The van der Waals surface area contributed by atoms with Crippen LogP contribution >= 0.6 is 0 Å². The lowest BCUT2D eigenvalue weighted by atomic mass is 9.85. The third kappa shape index (κ3) is 3.90. The van der Waals surface area contributed by atoms with E-state index >= 15 is 0 Å². The highest BCUT2D eigenvalue weighted by Crippen LogP contribution is 2.33.